The summed E-state index contributed by atoms with van der Waals surface area (Å²) in [4.78, 5) is 3.98. The molecule has 0 saturated carbocycles. The summed E-state index contributed by atoms with van der Waals surface area (Å²) in [5, 5.41) is 7.64. The molecule has 1 aromatic rings. The van der Waals surface area contributed by atoms with Gasteiger partial charge in [-0.15, -0.1) is 10.2 Å². The van der Waals surface area contributed by atoms with Crippen LogP contribution in [0.5, 0.6) is 0 Å². The Kier molecular flexibility index (Phi) is 3.35. The number of hydrazine groups is 2. The van der Waals surface area contributed by atoms with Gasteiger partial charge in [-0.05, 0) is 6.42 Å². The number of nitrogens with one attached hydrogen (secondary N) is 2. The lowest BCUT2D eigenvalue weighted by Crippen LogP contribution is -2.17. The second-order valence-electron chi connectivity index (χ2n) is 2.47. The van der Waals surface area contributed by atoms with Crippen LogP contribution in [0.2, 0.25) is 0 Å². The SMILES string of the molecule is CCCc1nnc(NN)nc1NN. The zero-order valence-electron chi connectivity index (χ0n) is 7.41. The van der Waals surface area contributed by atoms with Crippen molar-refractivity contribution in [1.29, 1.82) is 0 Å². The molecule has 0 saturated heterocycles. The van der Waals surface area contributed by atoms with E-state index in [4.69, 9.17) is 11.7 Å². The third kappa shape index (κ3) is 2.23. The number of hydrogen-bond acceptors (Lipinski definition) is 7. The summed E-state index contributed by atoms with van der Waals surface area (Å²) < 4.78 is 0. The molecule has 7 heteroatoms. The Labute approximate surface area is 75.9 Å². The first kappa shape index (κ1) is 9.62. The van der Waals surface area contributed by atoms with Gasteiger partial charge >= 0.3 is 0 Å². The van der Waals surface area contributed by atoms with E-state index in [-0.39, 0.29) is 5.95 Å². The van der Waals surface area contributed by atoms with Gasteiger partial charge in [0.15, 0.2) is 5.82 Å². The normalized spacial score (nSPS) is 9.77. The first-order valence-corrected chi connectivity index (χ1v) is 3.98. The summed E-state index contributed by atoms with van der Waals surface area (Å²) in [6.45, 7) is 2.04. The van der Waals surface area contributed by atoms with E-state index in [2.05, 4.69) is 26.0 Å². The smallest absolute Gasteiger partial charge is 0.258 e. The molecule has 6 N–H and O–H groups in total. The van der Waals surface area contributed by atoms with E-state index in [1.807, 2.05) is 6.92 Å². The number of hydrogen-bond donors (Lipinski definition) is 4. The van der Waals surface area contributed by atoms with Crippen LogP contribution in [0.4, 0.5) is 11.8 Å². The van der Waals surface area contributed by atoms with E-state index in [9.17, 15) is 0 Å². The summed E-state index contributed by atoms with van der Waals surface area (Å²) in [5.74, 6) is 11.1. The van der Waals surface area contributed by atoms with Crippen molar-refractivity contribution >= 4 is 11.8 Å². The molecule has 0 aromatic carbocycles. The van der Waals surface area contributed by atoms with Crippen molar-refractivity contribution in [3.05, 3.63) is 5.69 Å². The average molecular weight is 183 g/mol. The molecule has 1 heterocycles. The molecule has 7 nitrogen and oxygen atoms in total. The highest BCUT2D eigenvalue weighted by Crippen LogP contribution is 2.10. The number of aryl methyl sites for hydroxylation is 1. The third-order valence-electron chi connectivity index (χ3n) is 1.51. The van der Waals surface area contributed by atoms with Crippen LogP contribution in [0, 0.1) is 0 Å². The van der Waals surface area contributed by atoms with Crippen LogP contribution in [0.25, 0.3) is 0 Å². The molecule has 0 atom stereocenters. The molecule has 0 radical (unpaired) electrons. The fraction of sp³-hybridized carbons (Fsp3) is 0.500. The summed E-state index contributed by atoms with van der Waals surface area (Å²) in [6, 6.07) is 0. The van der Waals surface area contributed by atoms with Gasteiger partial charge in [0, 0.05) is 0 Å². The monoisotopic (exact) mass is 183 g/mol. The molecule has 72 valence electrons. The lowest BCUT2D eigenvalue weighted by Gasteiger charge is -2.05. The molecule has 0 aliphatic heterocycles. The molecule has 0 bridgehead atoms. The fourth-order valence-corrected chi connectivity index (χ4v) is 0.930. The zero-order valence-corrected chi connectivity index (χ0v) is 7.41. The van der Waals surface area contributed by atoms with Crippen LogP contribution in [-0.2, 0) is 6.42 Å². The summed E-state index contributed by atoms with van der Waals surface area (Å²) in [6.07, 6.45) is 1.74. The second-order valence-corrected chi connectivity index (χ2v) is 2.47. The van der Waals surface area contributed by atoms with E-state index in [1.165, 1.54) is 0 Å². The molecule has 0 aliphatic carbocycles. The average Bonchev–Trinajstić information content (AvgIpc) is 2.19. The maximum Gasteiger partial charge on any atom is 0.258 e. The van der Waals surface area contributed by atoms with E-state index < -0.39 is 0 Å². The maximum absolute atomic E-state index is 5.26. The van der Waals surface area contributed by atoms with Crippen LogP contribution < -0.4 is 22.5 Å². The van der Waals surface area contributed by atoms with Gasteiger partial charge in [-0.2, -0.15) is 4.98 Å². The van der Waals surface area contributed by atoms with Gasteiger partial charge in [0.2, 0.25) is 0 Å². The summed E-state index contributed by atoms with van der Waals surface area (Å²) in [5.41, 5.74) is 5.48. The number of nitrogens with two attached hydrogens (primary N) is 2. The fourth-order valence-electron chi connectivity index (χ4n) is 0.930. The first-order valence-electron chi connectivity index (χ1n) is 3.98. The molecule has 13 heavy (non-hydrogen) atoms. The number of nitrogens with zero attached hydrogens (tertiary/aromatic N) is 3. The zero-order chi connectivity index (χ0) is 9.68. The molecule has 0 amide bonds. The Morgan fingerprint density at radius 1 is 1.23 bits per heavy atom. The van der Waals surface area contributed by atoms with E-state index >= 15 is 0 Å². The molecule has 1 aromatic heterocycles. The van der Waals surface area contributed by atoms with E-state index in [0.717, 1.165) is 18.5 Å². The highest BCUT2D eigenvalue weighted by atomic mass is 15.4. The van der Waals surface area contributed by atoms with Gasteiger partial charge in [0.05, 0.1) is 0 Å². The standard InChI is InChI=1S/C6H13N7/c1-2-3-4-5(10-7)9-6(11-8)13-12-4/h2-3,7-8H2,1H3,(H2,9,10,11,13). The van der Waals surface area contributed by atoms with E-state index in [1.54, 1.807) is 0 Å². The number of nitrogen functional groups attached to an aromatic ring is 2. The minimum Gasteiger partial charge on any atom is -0.307 e. The molecule has 1 rings (SSSR count). The third-order valence-corrected chi connectivity index (χ3v) is 1.51. The lowest BCUT2D eigenvalue weighted by molar-refractivity contribution is 0.818. The second kappa shape index (κ2) is 4.53. The van der Waals surface area contributed by atoms with Crippen molar-refractivity contribution in [1.82, 2.24) is 15.2 Å². The maximum atomic E-state index is 5.26. The van der Waals surface area contributed by atoms with Crippen LogP contribution >= 0.6 is 0 Å². The van der Waals surface area contributed by atoms with Gasteiger partial charge in [-0.25, -0.2) is 11.7 Å². The topological polar surface area (TPSA) is 115 Å². The molecular formula is C6H13N7. The molecular weight excluding hydrogens is 170 g/mol. The summed E-state index contributed by atoms with van der Waals surface area (Å²) >= 11 is 0. The highest BCUT2D eigenvalue weighted by Gasteiger charge is 2.05. The number of rotatable bonds is 4. The minimum atomic E-state index is 0.243. The Balaban J connectivity index is 2.93. The Hall–Kier alpha value is -1.47. The Morgan fingerprint density at radius 3 is 2.54 bits per heavy atom. The lowest BCUT2D eigenvalue weighted by atomic mass is 10.2. The van der Waals surface area contributed by atoms with Crippen molar-refractivity contribution < 1.29 is 0 Å². The van der Waals surface area contributed by atoms with Crippen LogP contribution in [0.3, 0.4) is 0 Å². The van der Waals surface area contributed by atoms with Crippen molar-refractivity contribution in [3.8, 4) is 0 Å². The molecule has 0 fully saturated rings. The van der Waals surface area contributed by atoms with Crippen molar-refractivity contribution in [3.63, 3.8) is 0 Å². The Bertz CT molecular complexity index is 274. The summed E-state index contributed by atoms with van der Waals surface area (Å²) in [7, 11) is 0. The number of aromatic nitrogens is 3. The predicted octanol–water partition coefficient (Wildman–Crippen LogP) is -0.605. The van der Waals surface area contributed by atoms with Crippen molar-refractivity contribution in [2.75, 3.05) is 10.9 Å². The van der Waals surface area contributed by atoms with Crippen LogP contribution in [0.1, 0.15) is 19.0 Å². The van der Waals surface area contributed by atoms with Gasteiger partial charge < -0.3 is 5.43 Å². The quantitative estimate of drug-likeness (QED) is 0.363. The molecule has 0 spiro atoms. The van der Waals surface area contributed by atoms with Crippen molar-refractivity contribution in [2.24, 2.45) is 11.7 Å². The van der Waals surface area contributed by atoms with Gasteiger partial charge in [0.1, 0.15) is 5.69 Å². The Morgan fingerprint density at radius 2 is 2.00 bits per heavy atom. The van der Waals surface area contributed by atoms with Gasteiger partial charge in [-0.3, -0.25) is 5.43 Å². The molecule has 0 unspecified atom stereocenters. The van der Waals surface area contributed by atoms with Crippen LogP contribution in [0.15, 0.2) is 0 Å². The van der Waals surface area contributed by atoms with Gasteiger partial charge in [0.25, 0.3) is 5.95 Å². The predicted molar refractivity (Wildman–Crippen MR) is 49.4 cm³/mol. The highest BCUT2D eigenvalue weighted by molar-refractivity contribution is 5.41. The first-order chi connectivity index (χ1) is 6.31. The molecule has 0 aliphatic rings. The minimum absolute atomic E-state index is 0.243. The van der Waals surface area contributed by atoms with Crippen molar-refractivity contribution in [2.45, 2.75) is 19.8 Å². The van der Waals surface area contributed by atoms with Crippen LogP contribution in [-0.4, -0.2) is 15.2 Å². The van der Waals surface area contributed by atoms with E-state index in [0.29, 0.717) is 5.82 Å². The largest absolute Gasteiger partial charge is 0.307 e. The van der Waals surface area contributed by atoms with Gasteiger partial charge in [-0.1, -0.05) is 13.3 Å². The number of anilines is 2.